The van der Waals surface area contributed by atoms with Gasteiger partial charge >= 0.3 is 0 Å². The molecule has 2 aliphatic rings. The molecule has 2 saturated heterocycles. The zero-order valence-electron chi connectivity index (χ0n) is 17.7. The van der Waals surface area contributed by atoms with Crippen LogP contribution in [0.3, 0.4) is 0 Å². The lowest BCUT2D eigenvalue weighted by molar-refractivity contribution is -0.130. The van der Waals surface area contributed by atoms with E-state index in [0.717, 1.165) is 49.4 Å². The molecule has 0 spiro atoms. The summed E-state index contributed by atoms with van der Waals surface area (Å²) >= 11 is 0. The summed E-state index contributed by atoms with van der Waals surface area (Å²) in [6, 6.07) is 4.53. The summed E-state index contributed by atoms with van der Waals surface area (Å²) in [6.07, 6.45) is 1.87. The third-order valence-corrected chi connectivity index (χ3v) is 6.08. The normalized spacial score (nSPS) is 24.8. The Morgan fingerprint density at radius 1 is 1.25 bits per heavy atom. The molecule has 3 rings (SSSR count). The van der Waals surface area contributed by atoms with Gasteiger partial charge in [-0.05, 0) is 56.4 Å². The highest BCUT2D eigenvalue weighted by molar-refractivity contribution is 5.73. The SMILES string of the molecule is CC(=O)N1CCC(N2CCOC[C@](O)(COc3cc(C)cc(C)c3C)C2)CC1. The van der Waals surface area contributed by atoms with E-state index in [1.165, 1.54) is 5.56 Å². The second-order valence-corrected chi connectivity index (χ2v) is 8.48. The molecule has 1 atom stereocenters. The quantitative estimate of drug-likeness (QED) is 0.853. The zero-order chi connectivity index (χ0) is 20.3. The van der Waals surface area contributed by atoms with Gasteiger partial charge < -0.3 is 19.5 Å². The summed E-state index contributed by atoms with van der Waals surface area (Å²) in [5.41, 5.74) is 2.41. The summed E-state index contributed by atoms with van der Waals surface area (Å²) in [4.78, 5) is 15.8. The van der Waals surface area contributed by atoms with Crippen LogP contribution in [0, 0.1) is 20.8 Å². The van der Waals surface area contributed by atoms with Gasteiger partial charge in [0.25, 0.3) is 0 Å². The van der Waals surface area contributed by atoms with Crippen LogP contribution >= 0.6 is 0 Å². The molecule has 0 bridgehead atoms. The maximum Gasteiger partial charge on any atom is 0.219 e. The van der Waals surface area contributed by atoms with Crippen LogP contribution in [0.4, 0.5) is 0 Å². The molecule has 0 saturated carbocycles. The molecule has 6 nitrogen and oxygen atoms in total. The second-order valence-electron chi connectivity index (χ2n) is 8.48. The number of ether oxygens (including phenoxy) is 2. The third-order valence-electron chi connectivity index (χ3n) is 6.08. The fourth-order valence-corrected chi connectivity index (χ4v) is 4.25. The zero-order valence-corrected chi connectivity index (χ0v) is 17.7. The average Bonchev–Trinajstić information content (AvgIpc) is 2.86. The van der Waals surface area contributed by atoms with E-state index >= 15 is 0 Å². The fraction of sp³-hybridized carbons (Fsp3) is 0.682. The minimum Gasteiger partial charge on any atom is -0.490 e. The molecule has 1 aromatic carbocycles. The van der Waals surface area contributed by atoms with E-state index in [1.54, 1.807) is 6.92 Å². The van der Waals surface area contributed by atoms with Crippen molar-refractivity contribution in [1.82, 2.24) is 9.80 Å². The van der Waals surface area contributed by atoms with Gasteiger partial charge in [-0.25, -0.2) is 0 Å². The van der Waals surface area contributed by atoms with Gasteiger partial charge in [0.05, 0.1) is 13.2 Å². The van der Waals surface area contributed by atoms with E-state index in [2.05, 4.69) is 24.8 Å². The lowest BCUT2D eigenvalue weighted by Crippen LogP contribution is -2.53. The molecule has 0 aliphatic carbocycles. The molecule has 6 heteroatoms. The van der Waals surface area contributed by atoms with Crippen molar-refractivity contribution in [2.24, 2.45) is 0 Å². The first-order chi connectivity index (χ1) is 13.3. The van der Waals surface area contributed by atoms with Gasteiger partial charge in [0.15, 0.2) is 0 Å². The van der Waals surface area contributed by atoms with Gasteiger partial charge in [-0.2, -0.15) is 0 Å². The Hall–Kier alpha value is -1.63. The van der Waals surface area contributed by atoms with Crippen LogP contribution in [0.2, 0.25) is 0 Å². The van der Waals surface area contributed by atoms with Crippen molar-refractivity contribution in [1.29, 1.82) is 0 Å². The molecule has 1 amide bonds. The van der Waals surface area contributed by atoms with Crippen molar-refractivity contribution < 1.29 is 19.4 Å². The number of hydrogen-bond donors (Lipinski definition) is 1. The van der Waals surface area contributed by atoms with Crippen LogP contribution in [0.5, 0.6) is 5.75 Å². The Kier molecular flexibility index (Phi) is 6.63. The van der Waals surface area contributed by atoms with Crippen molar-refractivity contribution in [2.75, 3.05) is 46.0 Å². The number of likely N-dealkylation sites (tertiary alicyclic amines) is 1. The minimum atomic E-state index is -1.04. The number of carbonyl (C=O) groups excluding carboxylic acids is 1. The van der Waals surface area contributed by atoms with Gasteiger partial charge in [-0.15, -0.1) is 0 Å². The van der Waals surface area contributed by atoms with E-state index in [0.29, 0.717) is 19.2 Å². The number of β-amino-alcohol motifs (C(OH)–C–C–N with tert-alkyl or cyclic N) is 1. The number of piperidine rings is 1. The predicted octanol–water partition coefficient (Wildman–Crippen LogP) is 2.06. The Morgan fingerprint density at radius 2 is 1.96 bits per heavy atom. The Balaban J connectivity index is 1.63. The summed E-state index contributed by atoms with van der Waals surface area (Å²) in [5.74, 6) is 0.975. The number of amides is 1. The van der Waals surface area contributed by atoms with E-state index in [-0.39, 0.29) is 19.1 Å². The summed E-state index contributed by atoms with van der Waals surface area (Å²) < 4.78 is 11.8. The van der Waals surface area contributed by atoms with E-state index in [9.17, 15) is 9.90 Å². The fourth-order valence-electron chi connectivity index (χ4n) is 4.25. The van der Waals surface area contributed by atoms with E-state index in [1.807, 2.05) is 17.9 Å². The Bertz CT molecular complexity index is 700. The molecule has 2 fully saturated rings. The number of nitrogens with zero attached hydrogens (tertiary/aromatic N) is 2. The van der Waals surface area contributed by atoms with Crippen LogP contribution in [0.25, 0.3) is 0 Å². The van der Waals surface area contributed by atoms with Crippen molar-refractivity contribution in [3.05, 3.63) is 28.8 Å². The van der Waals surface area contributed by atoms with E-state index < -0.39 is 5.60 Å². The first-order valence-corrected chi connectivity index (χ1v) is 10.3. The highest BCUT2D eigenvalue weighted by Gasteiger charge is 2.37. The van der Waals surface area contributed by atoms with Gasteiger partial charge in [-0.3, -0.25) is 9.69 Å². The number of carbonyl (C=O) groups is 1. The first-order valence-electron chi connectivity index (χ1n) is 10.3. The van der Waals surface area contributed by atoms with Crippen molar-refractivity contribution in [3.63, 3.8) is 0 Å². The van der Waals surface area contributed by atoms with Crippen LogP contribution in [-0.4, -0.2) is 78.5 Å². The molecule has 156 valence electrons. The largest absolute Gasteiger partial charge is 0.490 e. The lowest BCUT2D eigenvalue weighted by Gasteiger charge is -2.40. The smallest absolute Gasteiger partial charge is 0.219 e. The molecule has 1 aromatic rings. The number of rotatable bonds is 4. The molecular weight excluding hydrogens is 356 g/mol. The van der Waals surface area contributed by atoms with Crippen LogP contribution < -0.4 is 4.74 Å². The molecule has 0 aromatic heterocycles. The third kappa shape index (κ3) is 5.04. The maximum atomic E-state index is 11.6. The van der Waals surface area contributed by atoms with Crippen molar-refractivity contribution in [3.8, 4) is 5.75 Å². The Morgan fingerprint density at radius 3 is 2.64 bits per heavy atom. The van der Waals surface area contributed by atoms with Gasteiger partial charge in [0, 0.05) is 39.1 Å². The minimum absolute atomic E-state index is 0.145. The standard InChI is InChI=1S/C22H34N2O4/c1-16-11-17(2)18(3)21(12-16)28-15-22(26)13-24(9-10-27-14-22)20-5-7-23(8-6-20)19(4)25/h11-12,20,26H,5-10,13-15H2,1-4H3/t22-/m0/s1. The van der Waals surface area contributed by atoms with Crippen LogP contribution in [-0.2, 0) is 9.53 Å². The van der Waals surface area contributed by atoms with E-state index in [4.69, 9.17) is 9.47 Å². The Labute approximate surface area is 168 Å². The number of hydrogen-bond acceptors (Lipinski definition) is 5. The predicted molar refractivity (Wildman–Crippen MR) is 109 cm³/mol. The lowest BCUT2D eigenvalue weighted by atomic mass is 9.99. The second kappa shape index (κ2) is 8.80. The number of aliphatic hydroxyl groups is 1. The molecule has 1 N–H and O–H groups in total. The van der Waals surface area contributed by atoms with Crippen molar-refractivity contribution in [2.45, 2.75) is 52.2 Å². The molecule has 0 radical (unpaired) electrons. The van der Waals surface area contributed by atoms with Gasteiger partial charge in [0.2, 0.25) is 5.91 Å². The van der Waals surface area contributed by atoms with Crippen molar-refractivity contribution >= 4 is 5.91 Å². The molecule has 28 heavy (non-hydrogen) atoms. The molecular formula is C22H34N2O4. The average molecular weight is 391 g/mol. The van der Waals surface area contributed by atoms with Gasteiger partial charge in [-0.1, -0.05) is 6.07 Å². The highest BCUT2D eigenvalue weighted by Crippen LogP contribution is 2.26. The first kappa shape index (κ1) is 21.1. The topological polar surface area (TPSA) is 62.2 Å². The summed E-state index contributed by atoms with van der Waals surface area (Å²) in [7, 11) is 0. The molecule has 2 heterocycles. The maximum absolute atomic E-state index is 11.6. The number of aryl methyl sites for hydroxylation is 2. The number of benzene rings is 1. The summed E-state index contributed by atoms with van der Waals surface area (Å²) in [6.45, 7) is 11.8. The van der Waals surface area contributed by atoms with Crippen LogP contribution in [0.1, 0.15) is 36.5 Å². The molecule has 2 aliphatic heterocycles. The van der Waals surface area contributed by atoms with Crippen LogP contribution in [0.15, 0.2) is 12.1 Å². The highest BCUT2D eigenvalue weighted by atomic mass is 16.5. The van der Waals surface area contributed by atoms with Gasteiger partial charge in [0.1, 0.15) is 18.0 Å². The monoisotopic (exact) mass is 390 g/mol. The summed E-state index contributed by atoms with van der Waals surface area (Å²) in [5, 5.41) is 11.2. The molecule has 0 unspecified atom stereocenters.